The topological polar surface area (TPSA) is 86.8 Å². The molecule has 1 aromatic carbocycles. The van der Waals surface area contributed by atoms with Crippen molar-refractivity contribution in [3.05, 3.63) is 40.4 Å². The maximum Gasteiger partial charge on any atom is 0.259 e. The molecule has 124 valence electrons. The fourth-order valence-electron chi connectivity index (χ4n) is 2.23. The van der Waals surface area contributed by atoms with E-state index in [1.165, 1.54) is 30.0 Å². The first-order chi connectivity index (χ1) is 11.0. The van der Waals surface area contributed by atoms with E-state index in [-0.39, 0.29) is 53.9 Å². The fraction of sp³-hybridized carbons (Fsp3) is 0.333. The monoisotopic (exact) mass is 342 g/mol. The molecule has 0 unspecified atom stereocenters. The smallest absolute Gasteiger partial charge is 0.259 e. The minimum atomic E-state index is -0.629. The van der Waals surface area contributed by atoms with E-state index in [1.807, 2.05) is 0 Å². The van der Waals surface area contributed by atoms with Gasteiger partial charge in [-0.1, -0.05) is 22.8 Å². The zero-order chi connectivity index (χ0) is 17.0. The Morgan fingerprint density at radius 3 is 2.57 bits per heavy atom. The van der Waals surface area contributed by atoms with E-state index in [0.717, 1.165) is 0 Å². The lowest BCUT2D eigenvalue weighted by Crippen LogP contribution is -2.36. The molecule has 2 N–H and O–H groups in total. The number of hydrogen-bond donors (Lipinski definition) is 2. The lowest BCUT2D eigenvalue weighted by atomic mass is 10.0. The van der Waals surface area contributed by atoms with Crippen molar-refractivity contribution in [2.75, 3.05) is 26.3 Å². The van der Waals surface area contributed by atoms with Crippen molar-refractivity contribution in [2.24, 2.45) is 0 Å². The van der Waals surface area contributed by atoms with E-state index < -0.39 is 11.7 Å². The van der Waals surface area contributed by atoms with Gasteiger partial charge in [0.05, 0.1) is 23.8 Å². The third kappa shape index (κ3) is 3.52. The molecule has 0 saturated carbocycles. The fourth-order valence-corrected chi connectivity index (χ4v) is 2.49. The summed E-state index contributed by atoms with van der Waals surface area (Å²) in [4.78, 5) is 13.9. The first-order valence-electron chi connectivity index (χ1n) is 6.92. The van der Waals surface area contributed by atoms with Gasteiger partial charge in [0.15, 0.2) is 0 Å². The van der Waals surface area contributed by atoms with Gasteiger partial charge in [-0.15, -0.1) is 0 Å². The molecular weight excluding hydrogens is 327 g/mol. The van der Waals surface area contributed by atoms with E-state index >= 15 is 0 Å². The number of aromatic nitrogens is 1. The molecule has 0 aliphatic carbocycles. The summed E-state index contributed by atoms with van der Waals surface area (Å²) in [6.07, 6.45) is 0. The molecular formula is C15H16ClFN2O4. The number of carbonyl (C=O) groups excluding carboxylic acids is 1. The molecule has 1 amide bonds. The Morgan fingerprint density at radius 2 is 2.00 bits per heavy atom. The van der Waals surface area contributed by atoms with Gasteiger partial charge in [-0.05, 0) is 19.1 Å². The van der Waals surface area contributed by atoms with Gasteiger partial charge in [-0.2, -0.15) is 0 Å². The Hall–Kier alpha value is -1.96. The highest BCUT2D eigenvalue weighted by Crippen LogP contribution is 2.33. The van der Waals surface area contributed by atoms with Crippen LogP contribution in [0.4, 0.5) is 4.39 Å². The number of benzene rings is 1. The van der Waals surface area contributed by atoms with Crippen LogP contribution in [-0.2, 0) is 0 Å². The van der Waals surface area contributed by atoms with Crippen molar-refractivity contribution in [2.45, 2.75) is 6.92 Å². The normalized spacial score (nSPS) is 10.8. The van der Waals surface area contributed by atoms with Gasteiger partial charge >= 0.3 is 0 Å². The highest BCUT2D eigenvalue weighted by atomic mass is 35.5. The van der Waals surface area contributed by atoms with E-state index in [0.29, 0.717) is 0 Å². The molecule has 0 aliphatic heterocycles. The summed E-state index contributed by atoms with van der Waals surface area (Å²) in [6, 6.07) is 4.13. The summed E-state index contributed by atoms with van der Waals surface area (Å²) < 4.78 is 19.2. The largest absolute Gasteiger partial charge is 0.395 e. The van der Waals surface area contributed by atoms with Crippen LogP contribution in [0.25, 0.3) is 11.3 Å². The van der Waals surface area contributed by atoms with Crippen molar-refractivity contribution in [1.29, 1.82) is 0 Å². The second-order valence-electron chi connectivity index (χ2n) is 4.80. The van der Waals surface area contributed by atoms with Crippen LogP contribution in [0.5, 0.6) is 0 Å². The first-order valence-corrected chi connectivity index (χ1v) is 7.30. The number of hydrogen-bond acceptors (Lipinski definition) is 5. The number of halogens is 2. The van der Waals surface area contributed by atoms with E-state index in [4.69, 9.17) is 26.3 Å². The Kier molecular flexibility index (Phi) is 5.70. The van der Waals surface area contributed by atoms with E-state index in [1.54, 1.807) is 0 Å². The highest BCUT2D eigenvalue weighted by molar-refractivity contribution is 6.33. The molecule has 1 aromatic heterocycles. The van der Waals surface area contributed by atoms with E-state index in [2.05, 4.69) is 5.16 Å². The maximum absolute atomic E-state index is 14.1. The van der Waals surface area contributed by atoms with Crippen LogP contribution in [0.1, 0.15) is 16.1 Å². The van der Waals surface area contributed by atoms with Crippen LogP contribution in [0, 0.1) is 12.7 Å². The second-order valence-corrected chi connectivity index (χ2v) is 5.21. The molecule has 0 aliphatic rings. The highest BCUT2D eigenvalue weighted by Gasteiger charge is 2.28. The summed E-state index contributed by atoms with van der Waals surface area (Å²) in [5.41, 5.74) is 0.0256. The molecule has 2 rings (SSSR count). The maximum atomic E-state index is 14.1. The van der Waals surface area contributed by atoms with Crippen molar-refractivity contribution < 1.29 is 23.9 Å². The van der Waals surface area contributed by atoms with Crippen LogP contribution >= 0.6 is 11.6 Å². The first kappa shape index (κ1) is 17.4. The van der Waals surface area contributed by atoms with Crippen LogP contribution in [0.3, 0.4) is 0 Å². The molecule has 23 heavy (non-hydrogen) atoms. The molecule has 0 spiro atoms. The number of aliphatic hydroxyl groups excluding tert-OH is 2. The average molecular weight is 343 g/mol. The predicted octanol–water partition coefficient (Wildman–Crippen LogP) is 1.87. The molecule has 0 atom stereocenters. The number of rotatable bonds is 6. The molecule has 0 bridgehead atoms. The Labute approximate surface area is 137 Å². The third-order valence-corrected chi connectivity index (χ3v) is 3.62. The SMILES string of the molecule is Cc1onc(-c2c(F)cccc2Cl)c1C(=O)N(CCO)CCO. The quantitative estimate of drug-likeness (QED) is 0.837. The zero-order valence-electron chi connectivity index (χ0n) is 12.4. The van der Waals surface area contributed by atoms with Crippen molar-refractivity contribution in [3.63, 3.8) is 0 Å². The molecule has 0 radical (unpaired) electrons. The summed E-state index contributed by atoms with van der Waals surface area (Å²) >= 11 is 6.03. The van der Waals surface area contributed by atoms with Gasteiger partial charge in [0.1, 0.15) is 22.8 Å². The van der Waals surface area contributed by atoms with Crippen molar-refractivity contribution in [3.8, 4) is 11.3 Å². The summed E-state index contributed by atoms with van der Waals surface area (Å²) in [5, 5.41) is 22.0. The van der Waals surface area contributed by atoms with Crippen LogP contribution in [-0.4, -0.2) is 52.5 Å². The number of carbonyl (C=O) groups is 1. The van der Waals surface area contributed by atoms with Crippen LogP contribution in [0.15, 0.2) is 22.7 Å². The Balaban J connectivity index is 2.52. The summed E-state index contributed by atoms with van der Waals surface area (Å²) in [6.45, 7) is 1.02. The zero-order valence-corrected chi connectivity index (χ0v) is 13.2. The minimum Gasteiger partial charge on any atom is -0.395 e. The molecule has 2 aromatic rings. The van der Waals surface area contributed by atoms with Crippen molar-refractivity contribution >= 4 is 17.5 Å². The second kappa shape index (κ2) is 7.54. The molecule has 1 heterocycles. The predicted molar refractivity (Wildman–Crippen MR) is 81.7 cm³/mol. The number of aryl methyl sites for hydroxylation is 1. The van der Waals surface area contributed by atoms with Gasteiger partial charge in [-0.25, -0.2) is 4.39 Å². The lowest BCUT2D eigenvalue weighted by Gasteiger charge is -2.20. The molecule has 6 nitrogen and oxygen atoms in total. The third-order valence-electron chi connectivity index (χ3n) is 3.30. The molecule has 0 fully saturated rings. The van der Waals surface area contributed by atoms with Crippen LogP contribution < -0.4 is 0 Å². The molecule has 8 heteroatoms. The summed E-state index contributed by atoms with van der Waals surface area (Å²) in [7, 11) is 0. The lowest BCUT2D eigenvalue weighted by molar-refractivity contribution is 0.0683. The van der Waals surface area contributed by atoms with Gasteiger partial charge < -0.3 is 19.6 Å². The average Bonchev–Trinajstić information content (AvgIpc) is 2.88. The number of aliphatic hydroxyl groups is 2. The van der Waals surface area contributed by atoms with Crippen LogP contribution in [0.2, 0.25) is 5.02 Å². The standard InChI is InChI=1S/C15H16ClFN2O4/c1-9-12(15(22)19(5-7-20)6-8-21)14(18-23-9)13-10(16)3-2-4-11(13)17/h2-4,20-21H,5-8H2,1H3. The number of nitrogens with zero attached hydrogens (tertiary/aromatic N) is 2. The van der Waals surface area contributed by atoms with E-state index in [9.17, 15) is 9.18 Å². The molecule has 0 saturated heterocycles. The van der Waals surface area contributed by atoms with Gasteiger partial charge in [0, 0.05) is 13.1 Å². The van der Waals surface area contributed by atoms with Crippen molar-refractivity contribution in [1.82, 2.24) is 10.1 Å². The Morgan fingerprint density at radius 1 is 1.35 bits per heavy atom. The Bertz CT molecular complexity index is 679. The summed E-state index contributed by atoms with van der Waals surface area (Å²) in [5.74, 6) is -0.956. The van der Waals surface area contributed by atoms with Gasteiger partial charge in [0.2, 0.25) is 0 Å². The number of amides is 1. The van der Waals surface area contributed by atoms with Gasteiger partial charge in [-0.3, -0.25) is 4.79 Å². The minimum absolute atomic E-state index is 0.00326. The van der Waals surface area contributed by atoms with Gasteiger partial charge in [0.25, 0.3) is 5.91 Å².